The van der Waals surface area contributed by atoms with E-state index in [2.05, 4.69) is 19.2 Å². The van der Waals surface area contributed by atoms with Gasteiger partial charge in [-0.3, -0.25) is 9.59 Å². The van der Waals surface area contributed by atoms with Gasteiger partial charge in [0.2, 0.25) is 11.8 Å². The molecule has 0 fully saturated rings. The summed E-state index contributed by atoms with van der Waals surface area (Å²) in [6, 6.07) is 7.91. The van der Waals surface area contributed by atoms with E-state index in [1.54, 1.807) is 4.90 Å². The molecule has 0 aromatic heterocycles. The van der Waals surface area contributed by atoms with Crippen LogP contribution in [0.2, 0.25) is 0 Å². The van der Waals surface area contributed by atoms with Crippen LogP contribution >= 0.6 is 0 Å². The zero-order valence-electron chi connectivity index (χ0n) is 13.5. The molecule has 0 heterocycles. The molecule has 1 rings (SSSR count). The summed E-state index contributed by atoms with van der Waals surface area (Å²) in [5.41, 5.74) is 2.20. The van der Waals surface area contributed by atoms with Crippen LogP contribution in [-0.4, -0.2) is 29.8 Å². The van der Waals surface area contributed by atoms with E-state index in [1.165, 1.54) is 6.92 Å². The van der Waals surface area contributed by atoms with Gasteiger partial charge in [0.1, 0.15) is 0 Å². The van der Waals surface area contributed by atoms with Crippen LogP contribution in [0.4, 0.5) is 0 Å². The van der Waals surface area contributed by atoms with Gasteiger partial charge in [-0.25, -0.2) is 0 Å². The quantitative estimate of drug-likeness (QED) is 0.839. The molecule has 2 amide bonds. The molecule has 0 atom stereocenters. The summed E-state index contributed by atoms with van der Waals surface area (Å²) in [6.07, 6.45) is 0.948. The number of nitrogens with zero attached hydrogens (tertiary/aromatic N) is 1. The fraction of sp³-hybridized carbons (Fsp3) is 0.529. The van der Waals surface area contributed by atoms with Gasteiger partial charge in [0.25, 0.3) is 0 Å². The molecule has 1 aromatic carbocycles. The molecule has 0 radical (unpaired) electrons. The molecule has 0 bridgehead atoms. The minimum absolute atomic E-state index is 0.0859. The molecule has 0 unspecified atom stereocenters. The van der Waals surface area contributed by atoms with E-state index in [9.17, 15) is 9.59 Å². The lowest BCUT2D eigenvalue weighted by Gasteiger charge is -2.21. The molecule has 0 aliphatic rings. The predicted octanol–water partition coefficient (Wildman–Crippen LogP) is 2.51. The molecular formula is C17H26N2O2. The summed E-state index contributed by atoms with van der Waals surface area (Å²) in [7, 11) is 0. The van der Waals surface area contributed by atoms with Gasteiger partial charge in [-0.05, 0) is 30.4 Å². The van der Waals surface area contributed by atoms with Crippen LogP contribution in [-0.2, 0) is 16.1 Å². The smallest absolute Gasteiger partial charge is 0.239 e. The molecule has 0 saturated carbocycles. The number of benzene rings is 1. The lowest BCUT2D eigenvalue weighted by atomic mass is 10.1. The van der Waals surface area contributed by atoms with Crippen LogP contribution in [0.25, 0.3) is 0 Å². The first kappa shape index (κ1) is 17.2. The highest BCUT2D eigenvalue weighted by Crippen LogP contribution is 2.10. The van der Waals surface area contributed by atoms with Crippen molar-refractivity contribution in [1.82, 2.24) is 10.2 Å². The van der Waals surface area contributed by atoms with Gasteiger partial charge < -0.3 is 10.2 Å². The van der Waals surface area contributed by atoms with Crippen LogP contribution < -0.4 is 5.32 Å². The van der Waals surface area contributed by atoms with Crippen molar-refractivity contribution in [2.75, 3.05) is 13.1 Å². The van der Waals surface area contributed by atoms with Gasteiger partial charge in [0, 0.05) is 20.0 Å². The van der Waals surface area contributed by atoms with Gasteiger partial charge in [0.05, 0.1) is 6.54 Å². The Balaban J connectivity index is 2.56. The second-order valence-corrected chi connectivity index (χ2v) is 5.83. The third-order valence-corrected chi connectivity index (χ3v) is 3.45. The van der Waals surface area contributed by atoms with Crippen molar-refractivity contribution in [2.45, 2.75) is 40.7 Å². The minimum Gasteiger partial charge on any atom is -0.355 e. The number of carbonyl (C=O) groups excluding carboxylic acids is 2. The summed E-state index contributed by atoms with van der Waals surface area (Å²) in [5, 5.41) is 2.87. The minimum atomic E-state index is -0.0977. The van der Waals surface area contributed by atoms with E-state index >= 15 is 0 Å². The molecule has 0 saturated heterocycles. The van der Waals surface area contributed by atoms with Crippen molar-refractivity contribution < 1.29 is 9.59 Å². The maximum atomic E-state index is 11.9. The van der Waals surface area contributed by atoms with E-state index in [0.717, 1.165) is 17.5 Å². The number of rotatable bonds is 7. The van der Waals surface area contributed by atoms with Crippen molar-refractivity contribution in [2.24, 2.45) is 5.92 Å². The first-order valence-corrected chi connectivity index (χ1v) is 7.47. The molecule has 0 aliphatic heterocycles. The standard InChI is InChI=1S/C17H26N2O2/c1-13(2)9-10-18-17(21)12-19(15(4)20)11-16-8-6-5-7-14(16)3/h5-8,13H,9-12H2,1-4H3,(H,18,21). The summed E-state index contributed by atoms with van der Waals surface area (Å²) < 4.78 is 0. The Morgan fingerprint density at radius 1 is 1.24 bits per heavy atom. The molecule has 116 valence electrons. The maximum Gasteiger partial charge on any atom is 0.239 e. The van der Waals surface area contributed by atoms with E-state index in [4.69, 9.17) is 0 Å². The number of nitrogens with one attached hydrogen (secondary N) is 1. The van der Waals surface area contributed by atoms with Crippen molar-refractivity contribution >= 4 is 11.8 Å². The van der Waals surface area contributed by atoms with Crippen LogP contribution in [0.3, 0.4) is 0 Å². The Kier molecular flexibility index (Phi) is 6.92. The summed E-state index contributed by atoms with van der Waals surface area (Å²) in [4.78, 5) is 25.2. The Bertz CT molecular complexity index is 483. The molecule has 4 nitrogen and oxygen atoms in total. The van der Waals surface area contributed by atoms with Crippen LogP contribution in [0, 0.1) is 12.8 Å². The Morgan fingerprint density at radius 2 is 1.90 bits per heavy atom. The van der Waals surface area contributed by atoms with Crippen LogP contribution in [0.5, 0.6) is 0 Å². The van der Waals surface area contributed by atoms with Gasteiger partial charge in [-0.2, -0.15) is 0 Å². The second-order valence-electron chi connectivity index (χ2n) is 5.83. The third kappa shape index (κ3) is 6.43. The Morgan fingerprint density at radius 3 is 2.48 bits per heavy atom. The molecule has 0 aliphatic carbocycles. The Labute approximate surface area is 127 Å². The maximum absolute atomic E-state index is 11.9. The number of aryl methyl sites for hydroxylation is 1. The average Bonchev–Trinajstić information content (AvgIpc) is 2.39. The van der Waals surface area contributed by atoms with Crippen LogP contribution in [0.1, 0.15) is 38.3 Å². The highest BCUT2D eigenvalue weighted by molar-refractivity contribution is 5.83. The van der Waals surface area contributed by atoms with Gasteiger partial charge in [0.15, 0.2) is 0 Å². The van der Waals surface area contributed by atoms with Crippen molar-refractivity contribution in [3.63, 3.8) is 0 Å². The summed E-state index contributed by atoms with van der Waals surface area (Å²) in [6.45, 7) is 8.99. The van der Waals surface area contributed by atoms with Crippen LogP contribution in [0.15, 0.2) is 24.3 Å². The first-order chi connectivity index (χ1) is 9.90. The summed E-state index contributed by atoms with van der Waals surface area (Å²) >= 11 is 0. The number of hydrogen-bond acceptors (Lipinski definition) is 2. The zero-order chi connectivity index (χ0) is 15.8. The molecule has 0 spiro atoms. The predicted molar refractivity (Wildman–Crippen MR) is 84.7 cm³/mol. The number of hydrogen-bond donors (Lipinski definition) is 1. The van der Waals surface area contributed by atoms with Crippen molar-refractivity contribution in [3.8, 4) is 0 Å². The second kappa shape index (κ2) is 8.45. The SMILES string of the molecule is CC(=O)N(CC(=O)NCCC(C)C)Cc1ccccc1C. The zero-order valence-corrected chi connectivity index (χ0v) is 13.5. The fourth-order valence-electron chi connectivity index (χ4n) is 2.00. The van der Waals surface area contributed by atoms with E-state index in [-0.39, 0.29) is 18.4 Å². The van der Waals surface area contributed by atoms with E-state index in [1.807, 2.05) is 31.2 Å². The Hall–Kier alpha value is -1.84. The van der Waals surface area contributed by atoms with Gasteiger partial charge >= 0.3 is 0 Å². The molecule has 4 heteroatoms. The topological polar surface area (TPSA) is 49.4 Å². The number of carbonyl (C=O) groups is 2. The molecule has 1 N–H and O–H groups in total. The molecule has 21 heavy (non-hydrogen) atoms. The third-order valence-electron chi connectivity index (χ3n) is 3.45. The largest absolute Gasteiger partial charge is 0.355 e. The molecule has 1 aromatic rings. The monoisotopic (exact) mass is 290 g/mol. The normalized spacial score (nSPS) is 10.5. The highest BCUT2D eigenvalue weighted by atomic mass is 16.2. The number of amides is 2. The van der Waals surface area contributed by atoms with E-state index < -0.39 is 0 Å². The average molecular weight is 290 g/mol. The molecular weight excluding hydrogens is 264 g/mol. The highest BCUT2D eigenvalue weighted by Gasteiger charge is 2.14. The summed E-state index contributed by atoms with van der Waals surface area (Å²) in [5.74, 6) is 0.373. The van der Waals surface area contributed by atoms with Crippen molar-refractivity contribution in [3.05, 3.63) is 35.4 Å². The first-order valence-electron chi connectivity index (χ1n) is 7.47. The van der Waals surface area contributed by atoms with Crippen molar-refractivity contribution in [1.29, 1.82) is 0 Å². The van der Waals surface area contributed by atoms with Gasteiger partial charge in [-0.15, -0.1) is 0 Å². The lowest BCUT2D eigenvalue weighted by Crippen LogP contribution is -2.39. The van der Waals surface area contributed by atoms with E-state index in [0.29, 0.717) is 19.0 Å². The lowest BCUT2D eigenvalue weighted by molar-refractivity contribution is -0.134. The fourth-order valence-corrected chi connectivity index (χ4v) is 2.00. The van der Waals surface area contributed by atoms with Gasteiger partial charge in [-0.1, -0.05) is 38.1 Å².